The van der Waals surface area contributed by atoms with Gasteiger partial charge in [0.15, 0.2) is 0 Å². The Balaban J connectivity index is 2.17. The van der Waals surface area contributed by atoms with Crippen LogP contribution in [0.4, 0.5) is 10.3 Å². The molecule has 2 aromatic rings. The normalized spacial score (nSPS) is 23.2. The Morgan fingerprint density at radius 3 is 3.00 bits per heavy atom. The van der Waals surface area contributed by atoms with Gasteiger partial charge >= 0.3 is 0 Å². The van der Waals surface area contributed by atoms with E-state index in [1.807, 2.05) is 4.57 Å². The van der Waals surface area contributed by atoms with E-state index in [1.54, 1.807) is 6.07 Å². The Kier molecular flexibility index (Phi) is 2.30. The van der Waals surface area contributed by atoms with Crippen molar-refractivity contribution < 1.29 is 4.39 Å². The number of fused-ring (bicyclic) bond motifs is 1. The summed E-state index contributed by atoms with van der Waals surface area (Å²) in [6.45, 7) is 2.16. The monoisotopic (exact) mass is 253 g/mol. The molecular formula is C12H13ClFN3. The summed E-state index contributed by atoms with van der Waals surface area (Å²) in [6, 6.07) is 3.35. The van der Waals surface area contributed by atoms with Gasteiger partial charge in [0.25, 0.3) is 0 Å². The van der Waals surface area contributed by atoms with E-state index >= 15 is 0 Å². The maximum Gasteiger partial charge on any atom is 0.201 e. The number of nitrogens with two attached hydrogens (primary N) is 1. The molecule has 1 heterocycles. The van der Waals surface area contributed by atoms with Gasteiger partial charge in [0, 0.05) is 12.1 Å². The van der Waals surface area contributed by atoms with Crippen molar-refractivity contribution >= 4 is 28.6 Å². The van der Waals surface area contributed by atoms with Crippen molar-refractivity contribution in [2.45, 2.75) is 25.8 Å². The standard InChI is InChI=1S/C12H13ClFN3/c1-2-6-3-10(6)17-11-4-7(13)8(14)5-9(11)16-12(17)15/h4-6,10H,2-3H2,1H3,(H2,15,16). The summed E-state index contributed by atoms with van der Waals surface area (Å²) < 4.78 is 15.3. The van der Waals surface area contributed by atoms with Crippen LogP contribution in [0.1, 0.15) is 25.8 Å². The van der Waals surface area contributed by atoms with Gasteiger partial charge in [-0.2, -0.15) is 0 Å². The third-order valence-electron chi connectivity index (χ3n) is 3.50. The lowest BCUT2D eigenvalue weighted by Gasteiger charge is -2.05. The van der Waals surface area contributed by atoms with E-state index < -0.39 is 5.82 Å². The van der Waals surface area contributed by atoms with E-state index in [1.165, 1.54) is 6.07 Å². The molecule has 17 heavy (non-hydrogen) atoms. The summed E-state index contributed by atoms with van der Waals surface area (Å²) in [5, 5.41) is 0.118. The predicted octanol–water partition coefficient (Wildman–Crippen LogP) is 3.38. The maximum atomic E-state index is 13.3. The smallest absolute Gasteiger partial charge is 0.201 e. The fraction of sp³-hybridized carbons (Fsp3) is 0.417. The molecule has 1 aliphatic carbocycles. The van der Waals surface area contributed by atoms with Gasteiger partial charge in [-0.1, -0.05) is 24.9 Å². The van der Waals surface area contributed by atoms with Crippen molar-refractivity contribution in [1.29, 1.82) is 0 Å². The second-order valence-electron chi connectivity index (χ2n) is 4.57. The second kappa shape index (κ2) is 3.60. The molecule has 0 bridgehead atoms. The second-order valence-corrected chi connectivity index (χ2v) is 4.97. The molecule has 0 amide bonds. The largest absolute Gasteiger partial charge is 0.369 e. The first-order valence-electron chi connectivity index (χ1n) is 5.74. The quantitative estimate of drug-likeness (QED) is 0.892. The van der Waals surface area contributed by atoms with E-state index in [9.17, 15) is 4.39 Å². The van der Waals surface area contributed by atoms with Gasteiger partial charge in [-0.05, 0) is 18.4 Å². The van der Waals surface area contributed by atoms with Crippen molar-refractivity contribution in [1.82, 2.24) is 9.55 Å². The fourth-order valence-corrected chi connectivity index (χ4v) is 2.60. The van der Waals surface area contributed by atoms with Crippen LogP contribution in [0.2, 0.25) is 5.02 Å². The summed E-state index contributed by atoms with van der Waals surface area (Å²) in [6.07, 6.45) is 2.24. The van der Waals surface area contributed by atoms with Crippen LogP contribution in [0.25, 0.3) is 11.0 Å². The van der Waals surface area contributed by atoms with Crippen LogP contribution in [-0.4, -0.2) is 9.55 Å². The minimum absolute atomic E-state index is 0.118. The summed E-state index contributed by atoms with van der Waals surface area (Å²) in [5.74, 6) is 0.646. The summed E-state index contributed by atoms with van der Waals surface area (Å²) >= 11 is 5.81. The van der Waals surface area contributed by atoms with Gasteiger partial charge in [-0.25, -0.2) is 9.37 Å². The van der Waals surface area contributed by atoms with Crippen LogP contribution in [0, 0.1) is 11.7 Å². The van der Waals surface area contributed by atoms with Gasteiger partial charge in [0.05, 0.1) is 16.1 Å². The fourth-order valence-electron chi connectivity index (χ4n) is 2.44. The average Bonchev–Trinajstić information content (AvgIpc) is 2.98. The average molecular weight is 254 g/mol. The highest BCUT2D eigenvalue weighted by Gasteiger charge is 2.39. The van der Waals surface area contributed by atoms with Crippen LogP contribution >= 0.6 is 11.6 Å². The minimum Gasteiger partial charge on any atom is -0.369 e. The summed E-state index contributed by atoms with van der Waals surface area (Å²) in [7, 11) is 0. The van der Waals surface area contributed by atoms with Crippen molar-refractivity contribution in [2.24, 2.45) is 5.92 Å². The van der Waals surface area contributed by atoms with E-state index in [2.05, 4.69) is 11.9 Å². The molecule has 2 unspecified atom stereocenters. The molecule has 1 saturated carbocycles. The molecule has 3 nitrogen and oxygen atoms in total. The molecule has 90 valence electrons. The van der Waals surface area contributed by atoms with Gasteiger partial charge in [-0.15, -0.1) is 0 Å². The van der Waals surface area contributed by atoms with E-state index in [-0.39, 0.29) is 5.02 Å². The first-order valence-corrected chi connectivity index (χ1v) is 6.12. The van der Waals surface area contributed by atoms with Crippen LogP contribution < -0.4 is 5.73 Å². The highest BCUT2D eigenvalue weighted by molar-refractivity contribution is 6.31. The molecule has 3 rings (SSSR count). The molecule has 1 aromatic heterocycles. The highest BCUT2D eigenvalue weighted by atomic mass is 35.5. The SMILES string of the molecule is CCC1CC1n1c(N)nc2cc(F)c(Cl)cc21. The molecular weight excluding hydrogens is 241 g/mol. The molecule has 0 saturated heterocycles. The zero-order valence-corrected chi connectivity index (χ0v) is 10.2. The van der Waals surface area contributed by atoms with Crippen LogP contribution in [-0.2, 0) is 0 Å². The number of anilines is 1. The molecule has 1 aliphatic rings. The predicted molar refractivity (Wildman–Crippen MR) is 66.5 cm³/mol. The Bertz CT molecular complexity index is 593. The molecule has 2 atom stereocenters. The number of nitrogen functional groups attached to an aromatic ring is 1. The van der Waals surface area contributed by atoms with E-state index in [0.29, 0.717) is 23.4 Å². The number of rotatable bonds is 2. The van der Waals surface area contributed by atoms with Gasteiger partial charge in [0.1, 0.15) is 5.82 Å². The lowest BCUT2D eigenvalue weighted by Crippen LogP contribution is -2.02. The van der Waals surface area contributed by atoms with Crippen molar-refractivity contribution in [3.8, 4) is 0 Å². The van der Waals surface area contributed by atoms with Crippen molar-refractivity contribution in [3.63, 3.8) is 0 Å². The molecule has 0 aliphatic heterocycles. The lowest BCUT2D eigenvalue weighted by atomic mass is 10.3. The Hall–Kier alpha value is -1.29. The van der Waals surface area contributed by atoms with Crippen LogP contribution in [0.3, 0.4) is 0 Å². The Morgan fingerprint density at radius 2 is 2.35 bits per heavy atom. The molecule has 1 fully saturated rings. The first kappa shape index (κ1) is 10.8. The van der Waals surface area contributed by atoms with Gasteiger partial charge in [-0.3, -0.25) is 0 Å². The Morgan fingerprint density at radius 1 is 1.59 bits per heavy atom. The summed E-state index contributed by atoms with van der Waals surface area (Å²) in [5.41, 5.74) is 7.30. The third kappa shape index (κ3) is 1.59. The Labute approximate surface area is 103 Å². The topological polar surface area (TPSA) is 43.8 Å². The van der Waals surface area contributed by atoms with E-state index in [4.69, 9.17) is 17.3 Å². The number of benzene rings is 1. The van der Waals surface area contributed by atoms with Gasteiger partial charge in [0.2, 0.25) is 5.95 Å². The van der Waals surface area contributed by atoms with Gasteiger partial charge < -0.3 is 10.3 Å². The van der Waals surface area contributed by atoms with Crippen LogP contribution in [0.5, 0.6) is 0 Å². The number of hydrogen-bond acceptors (Lipinski definition) is 2. The maximum absolute atomic E-state index is 13.3. The van der Waals surface area contributed by atoms with E-state index in [0.717, 1.165) is 18.4 Å². The zero-order chi connectivity index (χ0) is 12.2. The molecule has 2 N–H and O–H groups in total. The van der Waals surface area contributed by atoms with Crippen LogP contribution in [0.15, 0.2) is 12.1 Å². The lowest BCUT2D eigenvalue weighted by molar-refractivity contribution is 0.629. The molecule has 1 aromatic carbocycles. The third-order valence-corrected chi connectivity index (χ3v) is 3.79. The first-order chi connectivity index (χ1) is 8.11. The number of aromatic nitrogens is 2. The number of imidazole rings is 1. The summed E-state index contributed by atoms with van der Waals surface area (Å²) in [4.78, 5) is 4.19. The molecule has 0 radical (unpaired) electrons. The molecule has 0 spiro atoms. The minimum atomic E-state index is -0.452. The van der Waals surface area contributed by atoms with Crippen molar-refractivity contribution in [2.75, 3.05) is 5.73 Å². The highest BCUT2D eigenvalue weighted by Crippen LogP contribution is 2.48. The molecule has 5 heteroatoms. The number of halogens is 2. The number of hydrogen-bond donors (Lipinski definition) is 1. The zero-order valence-electron chi connectivity index (χ0n) is 9.45. The van der Waals surface area contributed by atoms with Crippen molar-refractivity contribution in [3.05, 3.63) is 23.0 Å². The number of nitrogens with zero attached hydrogens (tertiary/aromatic N) is 2.